The molecule has 0 saturated carbocycles. The maximum absolute atomic E-state index is 13.0. The lowest BCUT2D eigenvalue weighted by Crippen LogP contribution is -2.59. The number of nitriles is 1. The van der Waals surface area contributed by atoms with Crippen LogP contribution >= 0.6 is 0 Å². The van der Waals surface area contributed by atoms with E-state index in [-0.39, 0.29) is 6.61 Å². The van der Waals surface area contributed by atoms with Gasteiger partial charge in [0.15, 0.2) is 4.91 Å². The number of hydrogen-bond acceptors (Lipinski definition) is 8. The van der Waals surface area contributed by atoms with Crippen LogP contribution in [0.5, 0.6) is 0 Å². The maximum atomic E-state index is 13.0. The molecule has 0 spiro atoms. The van der Waals surface area contributed by atoms with Gasteiger partial charge in [-0.15, -0.1) is 0 Å². The van der Waals surface area contributed by atoms with Crippen molar-refractivity contribution in [1.82, 2.24) is 9.29 Å². The molecular weight excluding hydrogens is 544 g/mol. The lowest BCUT2D eigenvalue weighted by atomic mass is 9.99. The number of aromatic nitrogens is 1. The van der Waals surface area contributed by atoms with E-state index in [1.54, 1.807) is 23.8 Å². The van der Waals surface area contributed by atoms with Gasteiger partial charge in [-0.3, -0.25) is 0 Å². The van der Waals surface area contributed by atoms with Gasteiger partial charge >= 0.3 is 0 Å². The van der Waals surface area contributed by atoms with Crippen LogP contribution in [0.25, 0.3) is 28.1 Å². The normalized spacial score (nSPS) is 21.6. The fourth-order valence-corrected chi connectivity index (χ4v) is 6.30. The third-order valence-electron chi connectivity index (χ3n) is 7.43. The molecule has 1 saturated heterocycles. The number of anilines is 1. The molecule has 220 valence electrons. The highest BCUT2D eigenvalue weighted by molar-refractivity contribution is 7.93. The highest BCUT2D eigenvalue weighted by Gasteiger charge is 2.40. The Kier molecular flexibility index (Phi) is 9.86. The number of hydrogen-bond donors (Lipinski definition) is 4. The molecule has 0 unspecified atom stereocenters. The van der Waals surface area contributed by atoms with Crippen molar-refractivity contribution in [2.45, 2.75) is 51.0 Å². The predicted octanol–water partition coefficient (Wildman–Crippen LogP) is 2.74. The summed E-state index contributed by atoms with van der Waals surface area (Å²) in [6.45, 7) is 5.59. The quantitative estimate of drug-likeness (QED) is 0.252. The molecule has 0 amide bonds. The van der Waals surface area contributed by atoms with Gasteiger partial charge in [-0.25, -0.2) is 13.1 Å². The first-order valence-electron chi connectivity index (χ1n) is 13.8. The van der Waals surface area contributed by atoms with Gasteiger partial charge in [-0.1, -0.05) is 32.0 Å². The Morgan fingerprint density at radius 1 is 1.10 bits per heavy atom. The molecular formula is C30H38N4O6S. The highest BCUT2D eigenvalue weighted by atomic mass is 32.2. The van der Waals surface area contributed by atoms with Crippen LogP contribution in [0, 0.1) is 11.3 Å². The van der Waals surface area contributed by atoms with E-state index in [9.17, 15) is 29.0 Å². The van der Waals surface area contributed by atoms with Gasteiger partial charge in [0.25, 0.3) is 10.0 Å². The van der Waals surface area contributed by atoms with E-state index < -0.39 is 45.9 Å². The Labute approximate surface area is 241 Å². The van der Waals surface area contributed by atoms with Crippen molar-refractivity contribution in [1.29, 1.82) is 5.26 Å². The Balaban J connectivity index is 1.57. The van der Waals surface area contributed by atoms with Crippen LogP contribution in [0.1, 0.15) is 32.4 Å². The molecule has 1 fully saturated rings. The van der Waals surface area contributed by atoms with E-state index in [2.05, 4.69) is 53.8 Å². The minimum Gasteiger partial charge on any atom is -0.394 e. The lowest BCUT2D eigenvalue weighted by Gasteiger charge is -2.36. The average Bonchev–Trinajstić information content (AvgIpc) is 3.33. The van der Waals surface area contributed by atoms with Crippen molar-refractivity contribution in [3.63, 3.8) is 0 Å². The summed E-state index contributed by atoms with van der Waals surface area (Å²) in [4.78, 5) is 1.85. The largest absolute Gasteiger partial charge is 0.394 e. The van der Waals surface area contributed by atoms with Gasteiger partial charge < -0.3 is 29.5 Å². The number of nitrogens with zero attached hydrogens (tertiary/aromatic N) is 3. The highest BCUT2D eigenvalue weighted by Crippen LogP contribution is 2.29. The van der Waals surface area contributed by atoms with Crippen molar-refractivity contribution in [2.24, 2.45) is 7.05 Å². The van der Waals surface area contributed by atoms with E-state index >= 15 is 0 Å². The second kappa shape index (κ2) is 13.2. The molecule has 1 aromatic heterocycles. The summed E-state index contributed by atoms with van der Waals surface area (Å²) in [5.74, 6) is 0. The van der Waals surface area contributed by atoms with Crippen LogP contribution in [-0.2, 0) is 21.8 Å². The number of allylic oxidation sites excluding steroid dienone is 1. The van der Waals surface area contributed by atoms with Gasteiger partial charge in [-0.05, 0) is 65.6 Å². The number of benzene rings is 2. The molecule has 2 heterocycles. The van der Waals surface area contributed by atoms with Gasteiger partial charge in [-0.2, -0.15) is 5.26 Å². The molecule has 3 aromatic rings. The summed E-state index contributed by atoms with van der Waals surface area (Å²) in [5, 5.41) is 41.5. The first-order valence-corrected chi connectivity index (χ1v) is 15.3. The number of rotatable bonds is 11. The molecule has 4 N–H and O–H groups in total. The van der Waals surface area contributed by atoms with E-state index in [4.69, 9.17) is 4.74 Å². The summed E-state index contributed by atoms with van der Waals surface area (Å²) in [6.07, 6.45) is -0.589. The molecule has 1 aliphatic heterocycles. The van der Waals surface area contributed by atoms with Gasteiger partial charge in [0, 0.05) is 37.2 Å². The fourth-order valence-electron chi connectivity index (χ4n) is 5.17. The lowest BCUT2D eigenvalue weighted by molar-refractivity contribution is -0.158. The van der Waals surface area contributed by atoms with Crippen molar-refractivity contribution >= 4 is 32.6 Å². The summed E-state index contributed by atoms with van der Waals surface area (Å²) >= 11 is 0. The smallest absolute Gasteiger partial charge is 0.251 e. The van der Waals surface area contributed by atoms with Crippen LogP contribution in [0.3, 0.4) is 0 Å². The number of sulfonamides is 1. The van der Waals surface area contributed by atoms with Crippen LogP contribution in [0.2, 0.25) is 0 Å². The minimum absolute atomic E-state index is 0.269. The number of ether oxygens (including phenoxy) is 1. The molecule has 41 heavy (non-hydrogen) atoms. The van der Waals surface area contributed by atoms with Gasteiger partial charge in [0.2, 0.25) is 0 Å². The number of fused-ring (bicyclic) bond motifs is 1. The zero-order valence-corrected chi connectivity index (χ0v) is 24.4. The van der Waals surface area contributed by atoms with Gasteiger partial charge in [0.1, 0.15) is 24.4 Å². The van der Waals surface area contributed by atoms with Crippen LogP contribution in [-0.4, -0.2) is 79.0 Å². The molecule has 0 aliphatic carbocycles. The second-order valence-electron chi connectivity index (χ2n) is 10.3. The fraction of sp³-hybridized carbons (Fsp3) is 0.433. The Bertz CT molecular complexity index is 1540. The zero-order chi connectivity index (χ0) is 29.7. The van der Waals surface area contributed by atoms with E-state index in [1.807, 2.05) is 12.1 Å². The average molecular weight is 583 g/mol. The molecule has 2 aromatic carbocycles. The topological polar surface area (TPSA) is 148 Å². The van der Waals surface area contributed by atoms with Crippen molar-refractivity contribution in [2.75, 3.05) is 31.2 Å². The monoisotopic (exact) mass is 582 g/mol. The predicted molar refractivity (Wildman–Crippen MR) is 159 cm³/mol. The van der Waals surface area contributed by atoms with E-state index in [0.29, 0.717) is 5.69 Å². The first-order chi connectivity index (χ1) is 19.6. The number of aliphatic hydroxyl groups excluding tert-OH is 3. The standard InChI is InChI=1S/C30H38N4O6S/c1-4-12-34(13-5-2)24-9-8-20-14-22(7-6-21(20)15-24)27-11-10-23(33(27)3)16-25(17-31)41(38,39)32-26-19-40-28(18-35)30(37)29(26)36/h6-11,14-16,26,28-30,32,35-37H,4-5,12-13,18-19H2,1-3H3/b25-16+/t26-,28+,29+,30+/m0/s1. The molecule has 10 nitrogen and oxygen atoms in total. The molecule has 4 rings (SSSR count). The molecule has 4 atom stereocenters. The summed E-state index contributed by atoms with van der Waals surface area (Å²) in [5.41, 5.74) is 3.49. The molecule has 0 bridgehead atoms. The molecule has 1 aliphatic rings. The zero-order valence-electron chi connectivity index (χ0n) is 23.6. The number of nitrogens with one attached hydrogen (secondary N) is 1. The van der Waals surface area contributed by atoms with Crippen LogP contribution < -0.4 is 9.62 Å². The van der Waals surface area contributed by atoms with Gasteiger partial charge in [0.05, 0.1) is 19.3 Å². The minimum atomic E-state index is -4.35. The van der Waals surface area contributed by atoms with E-state index in [1.165, 1.54) is 11.8 Å². The first kappa shape index (κ1) is 30.7. The van der Waals surface area contributed by atoms with Crippen molar-refractivity contribution in [3.05, 3.63) is 59.1 Å². The maximum Gasteiger partial charge on any atom is 0.251 e. The Morgan fingerprint density at radius 2 is 1.78 bits per heavy atom. The SMILES string of the molecule is CCCN(CCC)c1ccc2cc(-c3ccc(/C=C(\C#N)S(=O)(=O)N[C@H]4CO[C@H](CO)[C@@H](O)[C@@H]4O)n3C)ccc2c1. The molecule has 11 heteroatoms. The van der Waals surface area contributed by atoms with Crippen molar-refractivity contribution < 1.29 is 28.5 Å². The summed E-state index contributed by atoms with van der Waals surface area (Å²) in [6, 6.07) is 16.8. The van der Waals surface area contributed by atoms with Crippen LogP contribution in [0.4, 0.5) is 5.69 Å². The summed E-state index contributed by atoms with van der Waals surface area (Å²) < 4.78 is 35.3. The Morgan fingerprint density at radius 3 is 2.44 bits per heavy atom. The second-order valence-corrected chi connectivity index (χ2v) is 12.0. The van der Waals surface area contributed by atoms with Crippen LogP contribution in [0.15, 0.2) is 53.4 Å². The Hall–Kier alpha value is -3.24. The number of aliphatic hydroxyl groups is 3. The third-order valence-corrected chi connectivity index (χ3v) is 8.83. The van der Waals surface area contributed by atoms with Crippen molar-refractivity contribution in [3.8, 4) is 17.3 Å². The summed E-state index contributed by atoms with van der Waals surface area (Å²) in [7, 11) is -2.56. The van der Waals surface area contributed by atoms with E-state index in [0.717, 1.165) is 48.0 Å². The molecule has 0 radical (unpaired) electrons. The third kappa shape index (κ3) is 6.64.